The zero-order chi connectivity index (χ0) is 23.5. The molecule has 3 N–H and O–H groups in total. The summed E-state index contributed by atoms with van der Waals surface area (Å²) in [6.07, 6.45) is 1.03. The molecule has 8 heteroatoms. The summed E-state index contributed by atoms with van der Waals surface area (Å²) < 4.78 is 5.44. The van der Waals surface area contributed by atoms with E-state index in [2.05, 4.69) is 34.6 Å². The third kappa shape index (κ3) is 5.54. The Hall–Kier alpha value is -2.29. The maximum absolute atomic E-state index is 13.0. The lowest BCUT2D eigenvalue weighted by Gasteiger charge is -2.32. The van der Waals surface area contributed by atoms with Crippen molar-refractivity contribution in [2.24, 2.45) is 11.1 Å². The van der Waals surface area contributed by atoms with Crippen molar-refractivity contribution in [1.29, 1.82) is 0 Å². The highest BCUT2D eigenvalue weighted by Crippen LogP contribution is 2.28. The molecule has 0 spiro atoms. The molecule has 2 aromatic rings. The quantitative estimate of drug-likeness (QED) is 0.665. The number of aromatic nitrogens is 1. The van der Waals surface area contributed by atoms with Crippen LogP contribution in [0.5, 0.6) is 0 Å². The van der Waals surface area contributed by atoms with E-state index in [4.69, 9.17) is 10.5 Å². The van der Waals surface area contributed by atoms with E-state index in [1.54, 1.807) is 23.3 Å². The van der Waals surface area contributed by atoms with Gasteiger partial charge in [0.1, 0.15) is 6.04 Å². The van der Waals surface area contributed by atoms with Crippen molar-refractivity contribution in [3.63, 3.8) is 0 Å². The van der Waals surface area contributed by atoms with Crippen LogP contribution in [0.2, 0.25) is 0 Å². The maximum Gasteiger partial charge on any atom is 0.242 e. The molecule has 1 aliphatic rings. The molecule has 1 aromatic carbocycles. The molecule has 2 heterocycles. The van der Waals surface area contributed by atoms with Crippen LogP contribution in [0.1, 0.15) is 38.4 Å². The molecule has 1 aromatic heterocycles. The molecule has 3 atom stereocenters. The molecule has 1 aliphatic heterocycles. The average Bonchev–Trinajstić information content (AvgIpc) is 3.39. The standard InChI is InChI=1S/C24H34N4O3S/c1-15-20(32-14-27-15)17-8-6-16(7-9-17)10-11-26-22(29)19-12-18(31-5)13-28(19)23(30)21(25)24(2,3)4/h6-9,14,18-19,21H,10-13,25H2,1-5H3,(H,26,29)/t18-,19-,21+/m0/s1. The molecule has 0 aliphatic carbocycles. The first-order valence-corrected chi connectivity index (χ1v) is 11.9. The number of thiazole rings is 1. The summed E-state index contributed by atoms with van der Waals surface area (Å²) in [5.41, 5.74) is 11.0. The monoisotopic (exact) mass is 458 g/mol. The van der Waals surface area contributed by atoms with Gasteiger partial charge in [0.05, 0.1) is 28.2 Å². The van der Waals surface area contributed by atoms with Crippen LogP contribution in [0.4, 0.5) is 0 Å². The number of aryl methyl sites for hydroxylation is 1. The Morgan fingerprint density at radius 1 is 1.31 bits per heavy atom. The van der Waals surface area contributed by atoms with E-state index in [1.165, 1.54) is 4.88 Å². The van der Waals surface area contributed by atoms with Gasteiger partial charge in [-0.1, -0.05) is 45.0 Å². The van der Waals surface area contributed by atoms with Crippen molar-refractivity contribution < 1.29 is 14.3 Å². The minimum atomic E-state index is -0.672. The Morgan fingerprint density at radius 3 is 2.56 bits per heavy atom. The fourth-order valence-corrected chi connectivity index (χ4v) is 4.67. The van der Waals surface area contributed by atoms with Crippen molar-refractivity contribution in [2.75, 3.05) is 20.2 Å². The van der Waals surface area contributed by atoms with Crippen molar-refractivity contribution in [1.82, 2.24) is 15.2 Å². The van der Waals surface area contributed by atoms with E-state index in [1.807, 2.05) is 33.2 Å². The highest BCUT2D eigenvalue weighted by Gasteiger charge is 2.43. The highest BCUT2D eigenvalue weighted by atomic mass is 32.1. The number of carbonyl (C=O) groups excluding carboxylic acids is 2. The van der Waals surface area contributed by atoms with E-state index >= 15 is 0 Å². The topological polar surface area (TPSA) is 97.5 Å². The molecule has 3 rings (SSSR count). The van der Waals surface area contributed by atoms with Crippen LogP contribution in [0.15, 0.2) is 29.8 Å². The lowest BCUT2D eigenvalue weighted by Crippen LogP contribution is -2.55. The van der Waals surface area contributed by atoms with Crippen molar-refractivity contribution in [2.45, 2.75) is 58.7 Å². The van der Waals surface area contributed by atoms with Gasteiger partial charge in [-0.3, -0.25) is 9.59 Å². The van der Waals surface area contributed by atoms with Crippen LogP contribution < -0.4 is 11.1 Å². The molecular weight excluding hydrogens is 424 g/mol. The Kier molecular flexibility index (Phi) is 7.69. The highest BCUT2D eigenvalue weighted by molar-refractivity contribution is 7.13. The molecular formula is C24H34N4O3S. The number of likely N-dealkylation sites (tertiary alicyclic amines) is 1. The van der Waals surface area contributed by atoms with Crippen LogP contribution in [0, 0.1) is 12.3 Å². The Morgan fingerprint density at radius 2 is 2.00 bits per heavy atom. The molecule has 2 amide bonds. The molecule has 0 bridgehead atoms. The number of hydrogen-bond donors (Lipinski definition) is 2. The van der Waals surface area contributed by atoms with Gasteiger partial charge in [-0.15, -0.1) is 11.3 Å². The summed E-state index contributed by atoms with van der Waals surface area (Å²) in [7, 11) is 1.61. The van der Waals surface area contributed by atoms with E-state index in [9.17, 15) is 9.59 Å². The number of nitrogens with one attached hydrogen (secondary N) is 1. The molecule has 7 nitrogen and oxygen atoms in total. The average molecular weight is 459 g/mol. The van der Waals surface area contributed by atoms with Gasteiger partial charge in [0.2, 0.25) is 11.8 Å². The van der Waals surface area contributed by atoms with Gasteiger partial charge >= 0.3 is 0 Å². The third-order valence-electron chi connectivity index (χ3n) is 6.06. The van der Waals surface area contributed by atoms with Gasteiger partial charge in [0.25, 0.3) is 0 Å². The van der Waals surface area contributed by atoms with E-state index in [0.29, 0.717) is 25.9 Å². The van der Waals surface area contributed by atoms with Gasteiger partial charge < -0.3 is 20.7 Å². The number of rotatable bonds is 7. The zero-order valence-corrected chi connectivity index (χ0v) is 20.4. The summed E-state index contributed by atoms with van der Waals surface area (Å²) in [4.78, 5) is 33.0. The van der Waals surface area contributed by atoms with Crippen molar-refractivity contribution in [3.05, 3.63) is 41.0 Å². The minimum absolute atomic E-state index is 0.157. The molecule has 174 valence electrons. The Bertz CT molecular complexity index is 935. The third-order valence-corrected chi connectivity index (χ3v) is 7.03. The first kappa shape index (κ1) is 24.4. The predicted molar refractivity (Wildman–Crippen MR) is 127 cm³/mol. The van der Waals surface area contributed by atoms with Crippen molar-refractivity contribution in [3.8, 4) is 10.4 Å². The number of carbonyl (C=O) groups is 2. The Labute approximate surface area is 194 Å². The molecule has 1 saturated heterocycles. The van der Waals surface area contributed by atoms with Gasteiger partial charge in [0, 0.05) is 26.6 Å². The minimum Gasteiger partial charge on any atom is -0.380 e. The molecule has 0 saturated carbocycles. The molecule has 0 radical (unpaired) electrons. The van der Waals surface area contributed by atoms with Crippen LogP contribution >= 0.6 is 11.3 Å². The normalized spacial score (nSPS) is 19.8. The molecule has 32 heavy (non-hydrogen) atoms. The number of ether oxygens (including phenoxy) is 1. The SMILES string of the molecule is CO[C@H]1C[C@@H](C(=O)NCCc2ccc(-c3scnc3C)cc2)N(C(=O)[C@@H](N)C(C)(C)C)C1. The van der Waals surface area contributed by atoms with Crippen LogP contribution in [-0.2, 0) is 20.7 Å². The summed E-state index contributed by atoms with van der Waals surface area (Å²) in [6, 6.07) is 7.11. The van der Waals surface area contributed by atoms with Gasteiger partial charge in [0.15, 0.2) is 0 Å². The lowest BCUT2D eigenvalue weighted by molar-refractivity contribution is -0.141. The summed E-state index contributed by atoms with van der Waals surface area (Å²) in [5.74, 6) is -0.359. The fraction of sp³-hybridized carbons (Fsp3) is 0.542. The first-order valence-electron chi connectivity index (χ1n) is 11.0. The van der Waals surface area contributed by atoms with E-state index < -0.39 is 12.1 Å². The predicted octanol–water partition coefficient (Wildman–Crippen LogP) is 2.77. The number of methoxy groups -OCH3 is 1. The zero-order valence-electron chi connectivity index (χ0n) is 19.6. The number of hydrogen-bond acceptors (Lipinski definition) is 6. The van der Waals surface area contributed by atoms with Crippen molar-refractivity contribution >= 4 is 23.2 Å². The van der Waals surface area contributed by atoms with Gasteiger partial charge in [-0.25, -0.2) is 4.98 Å². The second-order valence-corrected chi connectivity index (χ2v) is 10.3. The van der Waals surface area contributed by atoms with Gasteiger partial charge in [-0.05, 0) is 29.9 Å². The summed E-state index contributed by atoms with van der Waals surface area (Å²) >= 11 is 1.63. The lowest BCUT2D eigenvalue weighted by atomic mass is 9.86. The molecule has 1 fully saturated rings. The van der Waals surface area contributed by atoms with Crippen LogP contribution in [0.3, 0.4) is 0 Å². The van der Waals surface area contributed by atoms with E-state index in [-0.39, 0.29) is 23.3 Å². The maximum atomic E-state index is 13.0. The number of nitrogens with two attached hydrogens (primary N) is 1. The second-order valence-electron chi connectivity index (χ2n) is 9.45. The summed E-state index contributed by atoms with van der Waals surface area (Å²) in [6.45, 7) is 8.67. The smallest absolute Gasteiger partial charge is 0.242 e. The second kappa shape index (κ2) is 10.1. The number of benzene rings is 1. The Balaban J connectivity index is 1.58. The van der Waals surface area contributed by atoms with Crippen LogP contribution in [-0.4, -0.2) is 60.1 Å². The number of nitrogens with zero attached hydrogens (tertiary/aromatic N) is 2. The first-order chi connectivity index (χ1) is 15.1. The largest absolute Gasteiger partial charge is 0.380 e. The fourth-order valence-electron chi connectivity index (χ4n) is 3.86. The summed E-state index contributed by atoms with van der Waals surface area (Å²) in [5, 5.41) is 2.99. The van der Waals surface area contributed by atoms with Crippen LogP contribution in [0.25, 0.3) is 10.4 Å². The van der Waals surface area contributed by atoms with Gasteiger partial charge in [-0.2, -0.15) is 0 Å². The number of amides is 2. The van der Waals surface area contributed by atoms with E-state index in [0.717, 1.165) is 16.8 Å². The molecule has 0 unspecified atom stereocenters.